The fourth-order valence-electron chi connectivity index (χ4n) is 2.45. The third-order valence-electron chi connectivity index (χ3n) is 3.56. The monoisotopic (exact) mass is 306 g/mol. The summed E-state index contributed by atoms with van der Waals surface area (Å²) < 4.78 is 5.67. The molecule has 112 valence electrons. The number of nitrogens with zero attached hydrogens (tertiary/aromatic N) is 1. The molecule has 1 amide bonds. The number of nitrogens with one attached hydrogen (secondary N) is 2. The molecule has 3 rings (SSSR count). The van der Waals surface area contributed by atoms with Gasteiger partial charge in [0, 0.05) is 5.75 Å². The number of hydrogen-bond donors (Lipinski definition) is 3. The molecule has 7 heteroatoms. The number of imidazole rings is 1. The molecule has 0 aliphatic carbocycles. The highest BCUT2D eigenvalue weighted by atomic mass is 32.2. The second kappa shape index (κ2) is 6.05. The van der Waals surface area contributed by atoms with E-state index in [0.717, 1.165) is 28.4 Å². The van der Waals surface area contributed by atoms with Crippen LogP contribution in [0.4, 0.5) is 0 Å². The number of H-pyrrole nitrogens is 1. The van der Waals surface area contributed by atoms with Gasteiger partial charge in [0.15, 0.2) is 5.16 Å². The zero-order valence-electron chi connectivity index (χ0n) is 11.8. The summed E-state index contributed by atoms with van der Waals surface area (Å²) in [6.07, 6.45) is 1.23. The topological polar surface area (TPSA) is 93.0 Å². The number of hydrogen-bond acceptors (Lipinski definition) is 5. The van der Waals surface area contributed by atoms with Crippen LogP contribution in [-0.4, -0.2) is 33.8 Å². The molecule has 21 heavy (non-hydrogen) atoms. The molecule has 1 aromatic heterocycles. The Morgan fingerprint density at radius 3 is 3.24 bits per heavy atom. The Morgan fingerprint density at radius 1 is 1.57 bits per heavy atom. The maximum atomic E-state index is 11.4. The van der Waals surface area contributed by atoms with Crippen LogP contribution in [0.15, 0.2) is 23.4 Å². The number of hydrazine groups is 1. The third-order valence-corrected chi connectivity index (χ3v) is 4.57. The van der Waals surface area contributed by atoms with E-state index in [0.29, 0.717) is 6.42 Å². The van der Waals surface area contributed by atoms with Crippen molar-refractivity contribution in [1.29, 1.82) is 0 Å². The minimum atomic E-state index is -0.418. The SMILES string of the molecule is Cc1ccc2nc(SCC3CCC(C(=O)NN)O3)[nH]c2c1. The Labute approximate surface area is 126 Å². The normalized spacial score (nSPS) is 21.8. The van der Waals surface area contributed by atoms with Crippen molar-refractivity contribution in [3.63, 3.8) is 0 Å². The average Bonchev–Trinajstić information content (AvgIpc) is 3.10. The van der Waals surface area contributed by atoms with Gasteiger partial charge in [0.05, 0.1) is 17.1 Å². The minimum absolute atomic E-state index is 0.0623. The molecule has 2 heterocycles. The summed E-state index contributed by atoms with van der Waals surface area (Å²) in [5.74, 6) is 5.64. The lowest BCUT2D eigenvalue weighted by Crippen LogP contribution is -2.39. The van der Waals surface area contributed by atoms with E-state index in [-0.39, 0.29) is 12.0 Å². The zero-order valence-corrected chi connectivity index (χ0v) is 12.6. The molecule has 4 N–H and O–H groups in total. The fraction of sp³-hybridized carbons (Fsp3) is 0.429. The van der Waals surface area contributed by atoms with Gasteiger partial charge in [0.1, 0.15) is 6.10 Å². The molecule has 0 bridgehead atoms. The van der Waals surface area contributed by atoms with Crippen molar-refractivity contribution in [1.82, 2.24) is 15.4 Å². The number of benzene rings is 1. The number of thioether (sulfide) groups is 1. The smallest absolute Gasteiger partial charge is 0.263 e. The van der Waals surface area contributed by atoms with E-state index < -0.39 is 6.10 Å². The number of rotatable bonds is 4. The number of carbonyl (C=O) groups is 1. The van der Waals surface area contributed by atoms with Gasteiger partial charge in [-0.25, -0.2) is 10.8 Å². The molecular formula is C14H18N4O2S. The van der Waals surface area contributed by atoms with E-state index in [9.17, 15) is 4.79 Å². The highest BCUT2D eigenvalue weighted by Crippen LogP contribution is 2.27. The van der Waals surface area contributed by atoms with Gasteiger partial charge in [-0.1, -0.05) is 17.8 Å². The predicted octanol–water partition coefficient (Wildman–Crippen LogP) is 1.50. The number of aryl methyl sites for hydroxylation is 1. The fourth-order valence-corrected chi connectivity index (χ4v) is 3.39. The largest absolute Gasteiger partial charge is 0.364 e. The Balaban J connectivity index is 1.58. The van der Waals surface area contributed by atoms with E-state index in [2.05, 4.69) is 28.4 Å². The molecular weight excluding hydrogens is 288 g/mol. The molecule has 1 aliphatic heterocycles. The van der Waals surface area contributed by atoms with Crippen molar-refractivity contribution in [2.75, 3.05) is 5.75 Å². The minimum Gasteiger partial charge on any atom is -0.364 e. The van der Waals surface area contributed by atoms with Gasteiger partial charge in [-0.3, -0.25) is 10.2 Å². The van der Waals surface area contributed by atoms with E-state index in [1.54, 1.807) is 11.8 Å². The summed E-state index contributed by atoms with van der Waals surface area (Å²) in [6, 6.07) is 6.15. The number of fused-ring (bicyclic) bond motifs is 1. The summed E-state index contributed by atoms with van der Waals surface area (Å²) in [5.41, 5.74) is 5.36. The second-order valence-corrected chi connectivity index (χ2v) is 6.21. The van der Waals surface area contributed by atoms with Crippen LogP contribution in [-0.2, 0) is 9.53 Å². The Morgan fingerprint density at radius 2 is 2.43 bits per heavy atom. The van der Waals surface area contributed by atoms with Gasteiger partial charge >= 0.3 is 0 Å². The lowest BCUT2D eigenvalue weighted by atomic mass is 10.2. The molecule has 0 saturated carbocycles. The maximum Gasteiger partial charge on any atom is 0.263 e. The van der Waals surface area contributed by atoms with Crippen LogP contribution in [0.3, 0.4) is 0 Å². The van der Waals surface area contributed by atoms with Crippen molar-refractivity contribution >= 4 is 28.7 Å². The standard InChI is InChI=1S/C14H18N4O2S/c1-8-2-4-10-11(6-8)17-14(16-10)21-7-9-3-5-12(20-9)13(19)18-15/h2,4,6,9,12H,3,5,7,15H2,1H3,(H,16,17)(H,18,19). The zero-order chi connectivity index (χ0) is 14.8. The number of aromatic amines is 1. The van der Waals surface area contributed by atoms with Crippen molar-refractivity contribution < 1.29 is 9.53 Å². The van der Waals surface area contributed by atoms with Crippen LogP contribution in [0.2, 0.25) is 0 Å². The van der Waals surface area contributed by atoms with Crippen molar-refractivity contribution in [3.05, 3.63) is 23.8 Å². The van der Waals surface area contributed by atoms with Crippen molar-refractivity contribution in [2.24, 2.45) is 5.84 Å². The van der Waals surface area contributed by atoms with E-state index in [4.69, 9.17) is 10.6 Å². The van der Waals surface area contributed by atoms with Crippen LogP contribution in [0.1, 0.15) is 18.4 Å². The third kappa shape index (κ3) is 3.20. The molecule has 0 radical (unpaired) electrons. The summed E-state index contributed by atoms with van der Waals surface area (Å²) in [7, 11) is 0. The maximum absolute atomic E-state index is 11.4. The highest BCUT2D eigenvalue weighted by Gasteiger charge is 2.30. The van der Waals surface area contributed by atoms with Crippen LogP contribution in [0.25, 0.3) is 11.0 Å². The molecule has 2 aromatic rings. The number of amides is 1. The lowest BCUT2D eigenvalue weighted by Gasteiger charge is -2.11. The van der Waals surface area contributed by atoms with Gasteiger partial charge in [-0.15, -0.1) is 0 Å². The Hall–Kier alpha value is -1.57. The van der Waals surface area contributed by atoms with Gasteiger partial charge in [0.2, 0.25) is 0 Å². The van der Waals surface area contributed by atoms with E-state index in [1.165, 1.54) is 5.56 Å². The molecule has 6 nitrogen and oxygen atoms in total. The van der Waals surface area contributed by atoms with Crippen LogP contribution < -0.4 is 11.3 Å². The molecule has 0 spiro atoms. The van der Waals surface area contributed by atoms with Gasteiger partial charge < -0.3 is 9.72 Å². The second-order valence-electron chi connectivity index (χ2n) is 5.21. The lowest BCUT2D eigenvalue weighted by molar-refractivity contribution is -0.131. The van der Waals surface area contributed by atoms with E-state index >= 15 is 0 Å². The highest BCUT2D eigenvalue weighted by molar-refractivity contribution is 7.99. The summed E-state index contributed by atoms with van der Waals surface area (Å²) in [6.45, 7) is 2.06. The summed E-state index contributed by atoms with van der Waals surface area (Å²) in [5, 5.41) is 0.880. The van der Waals surface area contributed by atoms with Crippen molar-refractivity contribution in [3.8, 4) is 0 Å². The number of ether oxygens (including phenoxy) is 1. The van der Waals surface area contributed by atoms with Crippen LogP contribution >= 0.6 is 11.8 Å². The molecule has 1 aliphatic rings. The van der Waals surface area contributed by atoms with Gasteiger partial charge in [-0.2, -0.15) is 0 Å². The van der Waals surface area contributed by atoms with Crippen LogP contribution in [0, 0.1) is 6.92 Å². The predicted molar refractivity (Wildman–Crippen MR) is 81.8 cm³/mol. The average molecular weight is 306 g/mol. The Kier molecular flexibility index (Phi) is 4.14. The van der Waals surface area contributed by atoms with Gasteiger partial charge in [0.25, 0.3) is 5.91 Å². The first-order valence-electron chi connectivity index (χ1n) is 6.91. The van der Waals surface area contributed by atoms with E-state index in [1.807, 2.05) is 12.1 Å². The molecule has 1 aromatic carbocycles. The van der Waals surface area contributed by atoms with Crippen molar-refractivity contribution in [2.45, 2.75) is 37.1 Å². The first kappa shape index (κ1) is 14.4. The van der Waals surface area contributed by atoms with Gasteiger partial charge in [-0.05, 0) is 37.5 Å². The molecule has 1 saturated heterocycles. The first-order valence-corrected chi connectivity index (χ1v) is 7.89. The number of carbonyl (C=O) groups excluding carboxylic acids is 1. The first-order chi connectivity index (χ1) is 10.2. The molecule has 2 unspecified atom stereocenters. The van der Waals surface area contributed by atoms with Crippen LogP contribution in [0.5, 0.6) is 0 Å². The molecule has 2 atom stereocenters. The molecule has 1 fully saturated rings. The Bertz CT molecular complexity index is 657. The number of nitrogens with two attached hydrogens (primary N) is 1. The summed E-state index contributed by atoms with van der Waals surface area (Å²) >= 11 is 1.62. The summed E-state index contributed by atoms with van der Waals surface area (Å²) in [4.78, 5) is 19.2. The number of aromatic nitrogens is 2. The quantitative estimate of drug-likeness (QED) is 0.344.